The number of halogens is 2. The molecule has 112 valence electrons. The quantitative estimate of drug-likeness (QED) is 0.791. The van der Waals surface area contributed by atoms with E-state index in [2.05, 4.69) is 53.3 Å². The van der Waals surface area contributed by atoms with E-state index in [9.17, 15) is 0 Å². The molecule has 0 saturated carbocycles. The van der Waals surface area contributed by atoms with Gasteiger partial charge in [0.05, 0.1) is 18.2 Å². The lowest BCUT2D eigenvalue weighted by Crippen LogP contribution is -2.22. The molecule has 0 radical (unpaired) electrons. The van der Waals surface area contributed by atoms with Gasteiger partial charge < -0.3 is 10.1 Å². The van der Waals surface area contributed by atoms with Gasteiger partial charge in [-0.2, -0.15) is 0 Å². The average Bonchev–Trinajstić information content (AvgIpc) is 2.49. The molecule has 4 heteroatoms. The van der Waals surface area contributed by atoms with Crippen LogP contribution in [0.3, 0.4) is 0 Å². The van der Waals surface area contributed by atoms with E-state index in [1.54, 1.807) is 7.11 Å². The van der Waals surface area contributed by atoms with Crippen molar-refractivity contribution in [2.75, 3.05) is 13.7 Å². The van der Waals surface area contributed by atoms with Crippen LogP contribution in [-0.4, -0.2) is 13.7 Å². The predicted octanol–water partition coefficient (Wildman–Crippen LogP) is 5.12. The molecule has 0 aliphatic heterocycles. The van der Waals surface area contributed by atoms with Crippen LogP contribution in [0.2, 0.25) is 5.02 Å². The van der Waals surface area contributed by atoms with E-state index in [4.69, 9.17) is 16.3 Å². The average molecular weight is 369 g/mol. The van der Waals surface area contributed by atoms with E-state index in [0.717, 1.165) is 16.6 Å². The molecule has 0 amide bonds. The molecule has 2 rings (SSSR count). The first-order valence-corrected chi connectivity index (χ1v) is 8.07. The van der Waals surface area contributed by atoms with Gasteiger partial charge in [0.2, 0.25) is 0 Å². The molecule has 0 heterocycles. The van der Waals surface area contributed by atoms with E-state index in [1.807, 2.05) is 18.2 Å². The maximum Gasteiger partial charge on any atom is 0.137 e. The van der Waals surface area contributed by atoms with Crippen molar-refractivity contribution >= 4 is 27.5 Å². The standard InChI is InChI=1S/C17H19BrClNO/c1-4-20-17(13-7-5-6-11(2)16(13)18)12-8-9-14(19)15(10-12)21-3/h5-10,17,20H,4H2,1-3H3. The monoisotopic (exact) mass is 367 g/mol. The Morgan fingerprint density at radius 1 is 1.29 bits per heavy atom. The summed E-state index contributed by atoms with van der Waals surface area (Å²) in [7, 11) is 1.63. The molecule has 2 aromatic carbocycles. The second kappa shape index (κ2) is 7.30. The molecule has 1 atom stereocenters. The largest absolute Gasteiger partial charge is 0.495 e. The highest BCUT2D eigenvalue weighted by molar-refractivity contribution is 9.10. The summed E-state index contributed by atoms with van der Waals surface area (Å²) in [6.07, 6.45) is 0. The summed E-state index contributed by atoms with van der Waals surface area (Å²) >= 11 is 9.83. The van der Waals surface area contributed by atoms with Crippen LogP contribution in [0.15, 0.2) is 40.9 Å². The number of ether oxygens (including phenoxy) is 1. The highest BCUT2D eigenvalue weighted by Crippen LogP contribution is 2.34. The number of hydrogen-bond acceptors (Lipinski definition) is 2. The molecule has 0 aliphatic carbocycles. The Morgan fingerprint density at radius 3 is 2.71 bits per heavy atom. The summed E-state index contributed by atoms with van der Waals surface area (Å²) in [5.74, 6) is 0.695. The first-order chi connectivity index (χ1) is 10.1. The normalized spacial score (nSPS) is 12.2. The van der Waals surface area contributed by atoms with Crippen LogP contribution in [0.25, 0.3) is 0 Å². The smallest absolute Gasteiger partial charge is 0.137 e. The van der Waals surface area contributed by atoms with Crippen LogP contribution in [0.5, 0.6) is 5.75 Å². The summed E-state index contributed by atoms with van der Waals surface area (Å²) in [5.41, 5.74) is 3.56. The Kier molecular flexibility index (Phi) is 5.68. The molecule has 0 fully saturated rings. The van der Waals surface area contributed by atoms with Gasteiger partial charge in [-0.15, -0.1) is 0 Å². The highest BCUT2D eigenvalue weighted by Gasteiger charge is 2.18. The maximum atomic E-state index is 6.13. The van der Waals surface area contributed by atoms with Crippen LogP contribution < -0.4 is 10.1 Å². The van der Waals surface area contributed by atoms with E-state index in [-0.39, 0.29) is 6.04 Å². The molecule has 0 aromatic heterocycles. The first kappa shape index (κ1) is 16.3. The van der Waals surface area contributed by atoms with Gasteiger partial charge in [-0.05, 0) is 42.3 Å². The van der Waals surface area contributed by atoms with Crippen molar-refractivity contribution in [2.24, 2.45) is 0 Å². The zero-order chi connectivity index (χ0) is 15.4. The minimum absolute atomic E-state index is 0.0930. The Hall–Kier alpha value is -1.03. The van der Waals surface area contributed by atoms with Gasteiger partial charge in [-0.3, -0.25) is 0 Å². The summed E-state index contributed by atoms with van der Waals surface area (Å²) in [6, 6.07) is 12.3. The lowest BCUT2D eigenvalue weighted by molar-refractivity contribution is 0.414. The van der Waals surface area contributed by atoms with Crippen LogP contribution in [0.1, 0.15) is 29.7 Å². The number of rotatable bonds is 5. The zero-order valence-electron chi connectivity index (χ0n) is 12.4. The summed E-state index contributed by atoms with van der Waals surface area (Å²) in [4.78, 5) is 0. The van der Waals surface area contributed by atoms with E-state index in [1.165, 1.54) is 11.1 Å². The van der Waals surface area contributed by atoms with Crippen LogP contribution in [-0.2, 0) is 0 Å². The summed E-state index contributed by atoms with van der Waals surface area (Å²) in [5, 5.41) is 4.15. The second-order valence-electron chi connectivity index (χ2n) is 4.86. The Balaban J connectivity index is 2.50. The number of nitrogens with one attached hydrogen (secondary N) is 1. The van der Waals surface area contributed by atoms with E-state index < -0.39 is 0 Å². The number of aryl methyl sites for hydroxylation is 1. The topological polar surface area (TPSA) is 21.3 Å². The molecular weight excluding hydrogens is 350 g/mol. The van der Waals surface area contributed by atoms with Crippen molar-refractivity contribution in [1.82, 2.24) is 5.32 Å². The van der Waals surface area contributed by atoms with Crippen molar-refractivity contribution in [3.8, 4) is 5.75 Å². The van der Waals surface area contributed by atoms with Gasteiger partial charge >= 0.3 is 0 Å². The molecule has 0 spiro atoms. The predicted molar refractivity (Wildman–Crippen MR) is 92.4 cm³/mol. The van der Waals surface area contributed by atoms with Crippen molar-refractivity contribution in [3.05, 3.63) is 62.6 Å². The fourth-order valence-electron chi connectivity index (χ4n) is 2.36. The van der Waals surface area contributed by atoms with Crippen molar-refractivity contribution in [3.63, 3.8) is 0 Å². The van der Waals surface area contributed by atoms with Gasteiger partial charge in [0.15, 0.2) is 0 Å². The van der Waals surface area contributed by atoms with Crippen LogP contribution >= 0.6 is 27.5 Å². The zero-order valence-corrected chi connectivity index (χ0v) is 14.8. The minimum atomic E-state index is 0.0930. The SMILES string of the molecule is CCNC(c1ccc(Cl)c(OC)c1)c1cccc(C)c1Br. The number of methoxy groups -OCH3 is 1. The van der Waals surface area contributed by atoms with Gasteiger partial charge in [-0.1, -0.05) is 58.7 Å². The molecule has 1 unspecified atom stereocenters. The third kappa shape index (κ3) is 3.60. The highest BCUT2D eigenvalue weighted by atomic mass is 79.9. The molecule has 1 N–H and O–H groups in total. The van der Waals surface area contributed by atoms with Crippen molar-refractivity contribution in [2.45, 2.75) is 19.9 Å². The maximum absolute atomic E-state index is 6.13. The Bertz CT molecular complexity index is 630. The van der Waals surface area contributed by atoms with Crippen LogP contribution in [0, 0.1) is 6.92 Å². The Morgan fingerprint density at radius 2 is 2.05 bits per heavy atom. The van der Waals surface area contributed by atoms with E-state index in [0.29, 0.717) is 10.8 Å². The molecular formula is C17H19BrClNO. The molecule has 0 bridgehead atoms. The van der Waals surface area contributed by atoms with Gasteiger partial charge in [-0.25, -0.2) is 0 Å². The molecule has 2 nitrogen and oxygen atoms in total. The minimum Gasteiger partial charge on any atom is -0.495 e. The number of hydrogen-bond donors (Lipinski definition) is 1. The van der Waals surface area contributed by atoms with Gasteiger partial charge in [0.1, 0.15) is 5.75 Å². The van der Waals surface area contributed by atoms with Crippen molar-refractivity contribution < 1.29 is 4.74 Å². The molecule has 0 aliphatic rings. The Labute approximate surface area is 139 Å². The van der Waals surface area contributed by atoms with E-state index >= 15 is 0 Å². The first-order valence-electron chi connectivity index (χ1n) is 6.90. The molecule has 0 saturated heterocycles. The van der Waals surface area contributed by atoms with Crippen LogP contribution in [0.4, 0.5) is 0 Å². The summed E-state index contributed by atoms with van der Waals surface area (Å²) in [6.45, 7) is 5.07. The fraction of sp³-hybridized carbons (Fsp3) is 0.294. The molecule has 21 heavy (non-hydrogen) atoms. The number of benzene rings is 2. The fourth-order valence-corrected chi connectivity index (χ4v) is 3.05. The summed E-state index contributed by atoms with van der Waals surface area (Å²) < 4.78 is 6.46. The van der Waals surface area contributed by atoms with Gasteiger partial charge in [0.25, 0.3) is 0 Å². The van der Waals surface area contributed by atoms with Gasteiger partial charge in [0, 0.05) is 4.47 Å². The molecule has 2 aromatic rings. The lowest BCUT2D eigenvalue weighted by Gasteiger charge is -2.22. The van der Waals surface area contributed by atoms with Crippen molar-refractivity contribution in [1.29, 1.82) is 0 Å². The third-order valence-corrected chi connectivity index (χ3v) is 4.84. The second-order valence-corrected chi connectivity index (χ2v) is 6.06. The lowest BCUT2D eigenvalue weighted by atomic mass is 9.97. The third-order valence-electron chi connectivity index (χ3n) is 3.45.